The van der Waals surface area contributed by atoms with Crippen molar-refractivity contribution in [3.05, 3.63) is 52.6 Å². The van der Waals surface area contributed by atoms with Gasteiger partial charge in [0.2, 0.25) is 0 Å². The number of amides is 1. The minimum Gasteiger partial charge on any atom is -0.440 e. The second kappa shape index (κ2) is 8.48. The second-order valence-corrected chi connectivity index (χ2v) is 8.88. The number of halogens is 1. The van der Waals surface area contributed by atoms with E-state index in [-0.39, 0.29) is 17.6 Å². The summed E-state index contributed by atoms with van der Waals surface area (Å²) in [6, 6.07) is 7.16. The Hall–Kier alpha value is -2.64. The molecular weight excluding hydrogens is 416 g/mol. The maximum absolute atomic E-state index is 12.7. The van der Waals surface area contributed by atoms with Crippen LogP contribution in [0.25, 0.3) is 11.1 Å². The number of H-pyrrole nitrogens is 1. The van der Waals surface area contributed by atoms with Crippen LogP contribution in [0.15, 0.2) is 34.9 Å². The number of piperidine rings is 1. The average molecular weight is 441 g/mol. The number of Topliss-reactive ketones (excluding diaryl/α,β-unsaturated/α-hetero) is 1. The van der Waals surface area contributed by atoms with Crippen LogP contribution in [0.1, 0.15) is 58.3 Å². The molecule has 0 aliphatic carbocycles. The number of carbonyl (C=O) groups excluding carboxylic acids is 2. The highest BCUT2D eigenvalue weighted by molar-refractivity contribution is 6.31. The van der Waals surface area contributed by atoms with E-state index < -0.39 is 0 Å². The number of oxazole rings is 1. The van der Waals surface area contributed by atoms with Crippen molar-refractivity contribution >= 4 is 34.4 Å². The van der Waals surface area contributed by atoms with Crippen molar-refractivity contribution < 1.29 is 14.0 Å². The van der Waals surface area contributed by atoms with Gasteiger partial charge in [0.1, 0.15) is 11.2 Å². The van der Waals surface area contributed by atoms with Gasteiger partial charge in [-0.15, -0.1) is 0 Å². The molecule has 2 saturated heterocycles. The summed E-state index contributed by atoms with van der Waals surface area (Å²) in [4.78, 5) is 36.8. The molecule has 4 heterocycles. The van der Waals surface area contributed by atoms with Gasteiger partial charge in [0.15, 0.2) is 17.3 Å². The fourth-order valence-electron chi connectivity index (χ4n) is 4.49. The third kappa shape index (κ3) is 4.25. The highest BCUT2D eigenvalue weighted by Gasteiger charge is 2.27. The van der Waals surface area contributed by atoms with Crippen molar-refractivity contribution in [2.24, 2.45) is 0 Å². The Morgan fingerprint density at radius 2 is 1.90 bits per heavy atom. The van der Waals surface area contributed by atoms with E-state index in [2.05, 4.69) is 14.9 Å². The number of aromatic amines is 1. The number of hydrogen-bond acceptors (Lipinski definition) is 5. The number of likely N-dealkylation sites (tertiary alicyclic amines) is 2. The lowest BCUT2D eigenvalue weighted by atomic mass is 9.96. The van der Waals surface area contributed by atoms with Crippen LogP contribution < -0.4 is 0 Å². The summed E-state index contributed by atoms with van der Waals surface area (Å²) in [5.74, 6) is 1.01. The van der Waals surface area contributed by atoms with Crippen LogP contribution in [-0.4, -0.2) is 64.2 Å². The zero-order valence-electron chi connectivity index (χ0n) is 17.3. The van der Waals surface area contributed by atoms with Gasteiger partial charge < -0.3 is 14.3 Å². The van der Waals surface area contributed by atoms with Gasteiger partial charge in [0, 0.05) is 35.8 Å². The van der Waals surface area contributed by atoms with Gasteiger partial charge in [-0.25, -0.2) is 4.98 Å². The molecule has 2 aliphatic heterocycles. The predicted octanol–water partition coefficient (Wildman–Crippen LogP) is 4.11. The normalized spacial score (nSPS) is 18.2. The smallest absolute Gasteiger partial charge is 0.270 e. The molecule has 1 N–H and O–H groups in total. The van der Waals surface area contributed by atoms with E-state index >= 15 is 0 Å². The van der Waals surface area contributed by atoms with E-state index in [1.807, 2.05) is 17.0 Å². The number of benzene rings is 1. The van der Waals surface area contributed by atoms with Crippen molar-refractivity contribution in [3.63, 3.8) is 0 Å². The molecule has 0 unspecified atom stereocenters. The van der Waals surface area contributed by atoms with Crippen molar-refractivity contribution in [2.45, 2.75) is 31.6 Å². The van der Waals surface area contributed by atoms with Gasteiger partial charge in [-0.3, -0.25) is 14.5 Å². The summed E-state index contributed by atoms with van der Waals surface area (Å²) in [7, 11) is 0. The van der Waals surface area contributed by atoms with E-state index in [0.717, 1.165) is 68.9 Å². The Labute approximate surface area is 185 Å². The molecule has 0 saturated carbocycles. The fraction of sp³-hybridized carbons (Fsp3) is 0.435. The standard InChI is InChI=1S/C23H25ClN4O3/c24-17-3-4-21-18(12-17)26-22(31-21)15-5-9-27(10-6-15)14-20(29)16-11-19(25-13-16)23(30)28-7-1-2-8-28/h3-4,11-13,15,25H,1-2,5-10,14H2. The predicted molar refractivity (Wildman–Crippen MR) is 118 cm³/mol. The Balaban J connectivity index is 1.17. The SMILES string of the molecule is O=C(CN1CCC(c2nc3cc(Cl)ccc3o2)CC1)c1c[nH]c(C(=O)N2CCCC2)c1. The molecule has 2 aliphatic rings. The molecule has 8 heteroatoms. The monoisotopic (exact) mass is 440 g/mol. The summed E-state index contributed by atoms with van der Waals surface area (Å²) < 4.78 is 5.92. The van der Waals surface area contributed by atoms with E-state index in [0.29, 0.717) is 22.8 Å². The van der Waals surface area contributed by atoms with Crippen LogP contribution in [0.5, 0.6) is 0 Å². The molecule has 0 radical (unpaired) electrons. The minimum absolute atomic E-state index is 0.0167. The first-order valence-electron chi connectivity index (χ1n) is 10.9. The number of fused-ring (bicyclic) bond motifs is 1. The number of rotatable bonds is 5. The lowest BCUT2D eigenvalue weighted by Crippen LogP contribution is -2.36. The molecule has 5 rings (SSSR count). The van der Waals surface area contributed by atoms with Gasteiger partial charge in [0.05, 0.1) is 6.54 Å². The highest BCUT2D eigenvalue weighted by Crippen LogP contribution is 2.31. The summed E-state index contributed by atoms with van der Waals surface area (Å²) >= 11 is 6.04. The molecule has 31 heavy (non-hydrogen) atoms. The number of nitrogens with one attached hydrogen (secondary N) is 1. The quantitative estimate of drug-likeness (QED) is 0.604. The molecule has 2 fully saturated rings. The zero-order chi connectivity index (χ0) is 21.4. The molecule has 162 valence electrons. The highest BCUT2D eigenvalue weighted by atomic mass is 35.5. The molecule has 0 bridgehead atoms. The third-order valence-corrected chi connectivity index (χ3v) is 6.53. The van der Waals surface area contributed by atoms with Crippen molar-refractivity contribution in [1.29, 1.82) is 0 Å². The summed E-state index contributed by atoms with van der Waals surface area (Å²) in [5.41, 5.74) is 2.61. The van der Waals surface area contributed by atoms with Gasteiger partial charge in [-0.1, -0.05) is 11.6 Å². The fourth-order valence-corrected chi connectivity index (χ4v) is 4.66. The Morgan fingerprint density at radius 3 is 2.68 bits per heavy atom. The van der Waals surface area contributed by atoms with Crippen LogP contribution in [0.3, 0.4) is 0 Å². The van der Waals surface area contributed by atoms with E-state index in [1.165, 1.54) is 0 Å². The first-order chi connectivity index (χ1) is 15.1. The molecular formula is C23H25ClN4O3. The van der Waals surface area contributed by atoms with E-state index in [9.17, 15) is 9.59 Å². The number of aromatic nitrogens is 2. The first kappa shape index (κ1) is 20.3. The maximum Gasteiger partial charge on any atom is 0.270 e. The average Bonchev–Trinajstić information content (AvgIpc) is 3.53. The Morgan fingerprint density at radius 1 is 1.13 bits per heavy atom. The van der Waals surface area contributed by atoms with Gasteiger partial charge in [-0.2, -0.15) is 0 Å². The number of carbonyl (C=O) groups is 2. The van der Waals surface area contributed by atoms with Crippen LogP contribution in [-0.2, 0) is 0 Å². The maximum atomic E-state index is 12.7. The lowest BCUT2D eigenvalue weighted by molar-refractivity contribution is 0.0787. The van der Waals surface area contributed by atoms with Crippen molar-refractivity contribution in [1.82, 2.24) is 19.8 Å². The molecule has 1 amide bonds. The first-order valence-corrected chi connectivity index (χ1v) is 11.2. The largest absolute Gasteiger partial charge is 0.440 e. The van der Waals surface area contributed by atoms with E-state index in [1.54, 1.807) is 18.3 Å². The molecule has 0 atom stereocenters. The van der Waals surface area contributed by atoms with Crippen molar-refractivity contribution in [2.75, 3.05) is 32.7 Å². The number of ketones is 1. The molecule has 2 aromatic heterocycles. The zero-order valence-corrected chi connectivity index (χ0v) is 18.0. The van der Waals surface area contributed by atoms with Crippen molar-refractivity contribution in [3.8, 4) is 0 Å². The molecule has 1 aromatic carbocycles. The van der Waals surface area contributed by atoms with Crippen LogP contribution in [0.4, 0.5) is 0 Å². The lowest BCUT2D eigenvalue weighted by Gasteiger charge is -2.29. The number of nitrogens with zero attached hydrogens (tertiary/aromatic N) is 3. The van der Waals surface area contributed by atoms with Crippen LogP contribution in [0, 0.1) is 0 Å². The van der Waals surface area contributed by atoms with Gasteiger partial charge >= 0.3 is 0 Å². The molecule has 0 spiro atoms. The Kier molecular flexibility index (Phi) is 5.54. The summed E-state index contributed by atoms with van der Waals surface area (Å²) in [6.07, 6.45) is 5.53. The molecule has 7 nitrogen and oxygen atoms in total. The molecule has 3 aromatic rings. The topological polar surface area (TPSA) is 82.4 Å². The van der Waals surface area contributed by atoms with E-state index in [4.69, 9.17) is 16.0 Å². The van der Waals surface area contributed by atoms with Crippen LogP contribution >= 0.6 is 11.6 Å². The minimum atomic E-state index is -0.0167. The number of hydrogen-bond donors (Lipinski definition) is 1. The van der Waals surface area contributed by atoms with Gasteiger partial charge in [-0.05, 0) is 63.0 Å². The summed E-state index contributed by atoms with van der Waals surface area (Å²) in [6.45, 7) is 3.55. The third-order valence-electron chi connectivity index (χ3n) is 6.30. The van der Waals surface area contributed by atoms with Crippen LogP contribution in [0.2, 0.25) is 5.02 Å². The second-order valence-electron chi connectivity index (χ2n) is 8.44. The van der Waals surface area contributed by atoms with Gasteiger partial charge in [0.25, 0.3) is 5.91 Å². The summed E-state index contributed by atoms with van der Waals surface area (Å²) in [5, 5.41) is 0.649. The Bertz CT molecular complexity index is 1110.